The lowest BCUT2D eigenvalue weighted by Gasteiger charge is -2.34. The van der Waals surface area contributed by atoms with Crippen molar-refractivity contribution in [2.45, 2.75) is 23.8 Å². The zero-order chi connectivity index (χ0) is 21.9. The maximum Gasteiger partial charge on any atom is 0.272 e. The molecule has 1 aliphatic heterocycles. The number of amides is 2. The zero-order valence-corrected chi connectivity index (χ0v) is 18.2. The standard InChI is InChI=1S/C19H23FN4O4S2/c1-23(2)14-5-8-24(9-6-14)30(27,28)15-3-4-17(20)16(11-15)19(26)22-21-18(25)13-7-10-29-12-13/h3-4,7,10-12,14H,5-6,8-9H2,1-2H3,(H,21,25)(H,22,26). The molecule has 1 aliphatic rings. The van der Waals surface area contributed by atoms with E-state index in [0.29, 0.717) is 37.5 Å². The molecule has 30 heavy (non-hydrogen) atoms. The van der Waals surface area contributed by atoms with E-state index in [0.717, 1.165) is 18.2 Å². The molecule has 1 aromatic carbocycles. The van der Waals surface area contributed by atoms with Gasteiger partial charge in [0.05, 0.1) is 16.0 Å². The average molecular weight is 455 g/mol. The molecular formula is C19H23FN4O4S2. The van der Waals surface area contributed by atoms with Crippen LogP contribution in [-0.2, 0) is 10.0 Å². The highest BCUT2D eigenvalue weighted by molar-refractivity contribution is 7.89. The van der Waals surface area contributed by atoms with Crippen LogP contribution in [0.4, 0.5) is 4.39 Å². The minimum absolute atomic E-state index is 0.165. The van der Waals surface area contributed by atoms with Crippen molar-refractivity contribution in [3.05, 3.63) is 52.0 Å². The van der Waals surface area contributed by atoms with Crippen molar-refractivity contribution in [2.24, 2.45) is 0 Å². The number of nitrogens with one attached hydrogen (secondary N) is 2. The lowest BCUT2D eigenvalue weighted by molar-refractivity contribution is 0.0844. The molecule has 2 heterocycles. The molecule has 0 saturated carbocycles. The fourth-order valence-corrected chi connectivity index (χ4v) is 5.37. The van der Waals surface area contributed by atoms with E-state index in [4.69, 9.17) is 0 Å². The molecule has 2 aromatic rings. The average Bonchev–Trinajstić information content (AvgIpc) is 3.27. The van der Waals surface area contributed by atoms with Crippen LogP contribution >= 0.6 is 11.3 Å². The second-order valence-corrected chi connectivity index (χ2v) is 9.88. The Morgan fingerprint density at radius 1 is 1.13 bits per heavy atom. The van der Waals surface area contributed by atoms with Crippen LogP contribution < -0.4 is 10.9 Å². The number of piperidine rings is 1. The third-order valence-corrected chi connectivity index (χ3v) is 7.62. The van der Waals surface area contributed by atoms with Crippen LogP contribution in [0.5, 0.6) is 0 Å². The maximum atomic E-state index is 14.2. The number of carbonyl (C=O) groups is 2. The minimum atomic E-state index is -3.87. The van der Waals surface area contributed by atoms with Crippen LogP contribution in [-0.4, -0.2) is 62.7 Å². The van der Waals surface area contributed by atoms with Crippen molar-refractivity contribution in [1.29, 1.82) is 0 Å². The molecule has 0 unspecified atom stereocenters. The Bertz CT molecular complexity index is 1020. The zero-order valence-electron chi connectivity index (χ0n) is 16.6. The first kappa shape index (κ1) is 22.3. The third-order valence-electron chi connectivity index (χ3n) is 5.05. The molecule has 11 heteroatoms. The number of nitrogens with zero attached hydrogens (tertiary/aromatic N) is 2. The van der Waals surface area contributed by atoms with Gasteiger partial charge in [0, 0.05) is 24.5 Å². The first-order valence-corrected chi connectivity index (χ1v) is 11.7. The Labute approximate surface area is 178 Å². The van der Waals surface area contributed by atoms with Gasteiger partial charge in [0.2, 0.25) is 10.0 Å². The number of hydrogen-bond donors (Lipinski definition) is 2. The largest absolute Gasteiger partial charge is 0.306 e. The Morgan fingerprint density at radius 3 is 2.40 bits per heavy atom. The number of rotatable bonds is 5. The van der Waals surface area contributed by atoms with Crippen molar-refractivity contribution in [3.63, 3.8) is 0 Å². The number of sulfonamides is 1. The maximum absolute atomic E-state index is 14.2. The van der Waals surface area contributed by atoms with Crippen molar-refractivity contribution in [2.75, 3.05) is 27.2 Å². The summed E-state index contributed by atoms with van der Waals surface area (Å²) >= 11 is 1.31. The van der Waals surface area contributed by atoms with Crippen LogP contribution in [0.2, 0.25) is 0 Å². The van der Waals surface area contributed by atoms with Gasteiger partial charge in [-0.1, -0.05) is 0 Å². The van der Waals surface area contributed by atoms with Gasteiger partial charge in [0.25, 0.3) is 11.8 Å². The molecular weight excluding hydrogens is 431 g/mol. The van der Waals surface area contributed by atoms with Gasteiger partial charge in [-0.15, -0.1) is 0 Å². The molecule has 0 aliphatic carbocycles. The molecule has 3 rings (SSSR count). The lowest BCUT2D eigenvalue weighted by Crippen LogP contribution is -2.44. The van der Waals surface area contributed by atoms with E-state index in [-0.39, 0.29) is 4.90 Å². The summed E-state index contributed by atoms with van der Waals surface area (Å²) in [6, 6.07) is 4.95. The number of thiophene rings is 1. The molecule has 162 valence electrons. The summed E-state index contributed by atoms with van der Waals surface area (Å²) in [6.07, 6.45) is 1.38. The fraction of sp³-hybridized carbons (Fsp3) is 0.368. The molecule has 0 atom stereocenters. The van der Waals surface area contributed by atoms with Gasteiger partial charge in [-0.2, -0.15) is 15.6 Å². The molecule has 2 amide bonds. The molecule has 1 fully saturated rings. The number of hydrazine groups is 1. The summed E-state index contributed by atoms with van der Waals surface area (Å²) in [6.45, 7) is 0.696. The Hall–Kier alpha value is -2.34. The van der Waals surface area contributed by atoms with E-state index in [2.05, 4.69) is 15.8 Å². The lowest BCUT2D eigenvalue weighted by atomic mass is 10.1. The summed E-state index contributed by atoms with van der Waals surface area (Å²) in [5.74, 6) is -2.39. The van der Waals surface area contributed by atoms with Crippen LogP contribution in [0, 0.1) is 5.82 Å². The SMILES string of the molecule is CN(C)C1CCN(S(=O)(=O)c2ccc(F)c(C(=O)NNC(=O)c3ccsc3)c2)CC1. The second-order valence-electron chi connectivity index (χ2n) is 7.16. The third kappa shape index (κ3) is 4.86. The topological polar surface area (TPSA) is 98.8 Å². The van der Waals surface area contributed by atoms with Crippen LogP contribution in [0.3, 0.4) is 0 Å². The highest BCUT2D eigenvalue weighted by Gasteiger charge is 2.31. The fourth-order valence-electron chi connectivity index (χ4n) is 3.23. The van der Waals surface area contributed by atoms with Gasteiger partial charge < -0.3 is 4.90 Å². The van der Waals surface area contributed by atoms with E-state index in [9.17, 15) is 22.4 Å². The minimum Gasteiger partial charge on any atom is -0.306 e. The first-order valence-electron chi connectivity index (χ1n) is 9.29. The summed E-state index contributed by atoms with van der Waals surface area (Å²) in [5.41, 5.74) is 4.18. The highest BCUT2D eigenvalue weighted by Crippen LogP contribution is 2.24. The van der Waals surface area contributed by atoms with E-state index in [1.54, 1.807) is 16.8 Å². The second kappa shape index (κ2) is 9.21. The molecule has 1 saturated heterocycles. The van der Waals surface area contributed by atoms with Crippen LogP contribution in [0.1, 0.15) is 33.6 Å². The molecule has 0 radical (unpaired) electrons. The Morgan fingerprint density at radius 2 is 1.80 bits per heavy atom. The quantitative estimate of drug-likeness (QED) is 0.670. The van der Waals surface area contributed by atoms with Crippen molar-refractivity contribution in [1.82, 2.24) is 20.1 Å². The smallest absolute Gasteiger partial charge is 0.272 e. The van der Waals surface area contributed by atoms with E-state index < -0.39 is 33.2 Å². The Balaban J connectivity index is 1.72. The van der Waals surface area contributed by atoms with Gasteiger partial charge in [0.1, 0.15) is 5.82 Å². The molecule has 8 nitrogen and oxygen atoms in total. The van der Waals surface area contributed by atoms with Gasteiger partial charge in [-0.05, 0) is 56.6 Å². The van der Waals surface area contributed by atoms with E-state index >= 15 is 0 Å². The summed E-state index contributed by atoms with van der Waals surface area (Å²) < 4.78 is 41.5. The molecule has 0 spiro atoms. The summed E-state index contributed by atoms with van der Waals surface area (Å²) in [5, 5.41) is 3.29. The van der Waals surface area contributed by atoms with Gasteiger partial charge in [-0.3, -0.25) is 20.4 Å². The molecule has 2 N–H and O–H groups in total. The Kier molecular flexibility index (Phi) is 6.86. The first-order chi connectivity index (χ1) is 14.2. The van der Waals surface area contributed by atoms with Gasteiger partial charge >= 0.3 is 0 Å². The number of carbonyl (C=O) groups excluding carboxylic acids is 2. The highest BCUT2D eigenvalue weighted by atomic mass is 32.2. The van der Waals surface area contributed by atoms with E-state index in [1.165, 1.54) is 15.6 Å². The summed E-state index contributed by atoms with van der Waals surface area (Å²) in [7, 11) is 0.0419. The predicted molar refractivity (Wildman–Crippen MR) is 111 cm³/mol. The molecule has 0 bridgehead atoms. The molecule has 1 aromatic heterocycles. The van der Waals surface area contributed by atoms with Gasteiger partial charge in [-0.25, -0.2) is 12.8 Å². The van der Waals surface area contributed by atoms with Crippen molar-refractivity contribution in [3.8, 4) is 0 Å². The summed E-state index contributed by atoms with van der Waals surface area (Å²) in [4.78, 5) is 26.1. The van der Waals surface area contributed by atoms with Crippen LogP contribution in [0.15, 0.2) is 39.9 Å². The van der Waals surface area contributed by atoms with Crippen LogP contribution in [0.25, 0.3) is 0 Å². The number of halogens is 1. The van der Waals surface area contributed by atoms with Crippen molar-refractivity contribution < 1.29 is 22.4 Å². The monoisotopic (exact) mass is 454 g/mol. The van der Waals surface area contributed by atoms with Crippen molar-refractivity contribution >= 4 is 33.2 Å². The number of benzene rings is 1. The normalized spacial score (nSPS) is 15.9. The predicted octanol–water partition coefficient (Wildman–Crippen LogP) is 1.68. The van der Waals surface area contributed by atoms with Gasteiger partial charge in [0.15, 0.2) is 0 Å². The van der Waals surface area contributed by atoms with E-state index in [1.807, 2.05) is 14.1 Å². The number of hydrogen-bond acceptors (Lipinski definition) is 6.